The van der Waals surface area contributed by atoms with Gasteiger partial charge in [-0.15, -0.1) is 0 Å². The quantitative estimate of drug-likeness (QED) is 0.621. The van der Waals surface area contributed by atoms with Crippen molar-refractivity contribution in [1.29, 1.82) is 0 Å². The zero-order valence-corrected chi connectivity index (χ0v) is 18.7. The fourth-order valence-corrected chi connectivity index (χ4v) is 3.69. The highest BCUT2D eigenvalue weighted by Gasteiger charge is 2.23. The number of anilines is 2. The Kier molecular flexibility index (Phi) is 6.01. The number of fused-ring (bicyclic) bond motifs is 2. The maximum atomic E-state index is 11.3. The van der Waals surface area contributed by atoms with Crippen LogP contribution in [0.2, 0.25) is 0 Å². The predicted octanol–water partition coefficient (Wildman–Crippen LogP) is 3.21. The second kappa shape index (κ2) is 8.88. The minimum absolute atomic E-state index is 0.208. The van der Waals surface area contributed by atoms with Crippen molar-refractivity contribution < 1.29 is 19.0 Å². The van der Waals surface area contributed by atoms with E-state index in [2.05, 4.69) is 29.7 Å². The molecule has 1 aliphatic rings. The zero-order valence-electron chi connectivity index (χ0n) is 18.7. The van der Waals surface area contributed by atoms with E-state index in [-0.39, 0.29) is 6.61 Å². The van der Waals surface area contributed by atoms with Gasteiger partial charge in [-0.25, -0.2) is 9.78 Å². The minimum Gasteiger partial charge on any atom is -0.497 e. The number of carbonyl (C=O) groups is 1. The molecule has 4 rings (SSSR count). The molecular weight excluding hydrogens is 406 g/mol. The highest BCUT2D eigenvalue weighted by atomic mass is 16.5. The van der Waals surface area contributed by atoms with Gasteiger partial charge in [0, 0.05) is 36.9 Å². The van der Waals surface area contributed by atoms with E-state index >= 15 is 0 Å². The van der Waals surface area contributed by atoms with E-state index in [0.29, 0.717) is 0 Å². The lowest BCUT2D eigenvalue weighted by Gasteiger charge is -2.26. The molecule has 3 aromatic rings. The molecule has 0 bridgehead atoms. The van der Waals surface area contributed by atoms with Crippen LogP contribution in [-0.4, -0.2) is 37.9 Å². The van der Waals surface area contributed by atoms with Crippen molar-refractivity contribution in [1.82, 2.24) is 10.3 Å². The molecule has 0 fully saturated rings. The van der Waals surface area contributed by atoms with E-state index in [4.69, 9.17) is 19.2 Å². The molecule has 0 saturated heterocycles. The first-order valence-corrected chi connectivity index (χ1v) is 10.4. The highest BCUT2D eigenvalue weighted by Crippen LogP contribution is 2.27. The number of rotatable bonds is 6. The standard InChI is InChI=1S/C25H27N3O4/c1-25(31-4)12-11-22-20(14-25)23(19-13-18(30-3)9-10-21(19)28-22)27-17-7-5-16(6-8-17)15-32-24(29)26-2/h5-11,13-14,27H,12,15H2,1-4H3,(H,26,29). The maximum absolute atomic E-state index is 11.3. The Labute approximate surface area is 186 Å². The third-order valence-electron chi connectivity index (χ3n) is 5.67. The normalized spacial score (nSPS) is 17.0. The van der Waals surface area contributed by atoms with Gasteiger partial charge < -0.3 is 24.8 Å². The number of amides is 1. The van der Waals surface area contributed by atoms with Gasteiger partial charge in [-0.3, -0.25) is 0 Å². The molecular formula is C25H27N3O4. The topological polar surface area (TPSA) is 81.7 Å². The van der Waals surface area contributed by atoms with Crippen LogP contribution in [0.3, 0.4) is 0 Å². The zero-order chi connectivity index (χ0) is 22.7. The van der Waals surface area contributed by atoms with Gasteiger partial charge in [-0.2, -0.15) is 0 Å². The van der Waals surface area contributed by atoms with Gasteiger partial charge in [0.25, 0.3) is 0 Å². The Hall–Kier alpha value is -3.58. The Balaban J connectivity index is 1.78. The number of pyridine rings is 1. The molecule has 7 nitrogen and oxygen atoms in total. The van der Waals surface area contributed by atoms with Crippen LogP contribution in [0.4, 0.5) is 16.2 Å². The van der Waals surface area contributed by atoms with Gasteiger partial charge in [0.05, 0.1) is 29.3 Å². The van der Waals surface area contributed by atoms with Gasteiger partial charge in [-0.05, 0) is 48.9 Å². The van der Waals surface area contributed by atoms with Gasteiger partial charge in [0.1, 0.15) is 12.4 Å². The number of alkyl carbamates (subject to hydrolysis) is 1. The monoisotopic (exact) mass is 433 g/mol. The van der Waals surface area contributed by atoms with Crippen molar-refractivity contribution in [2.24, 2.45) is 0 Å². The Morgan fingerprint density at radius 1 is 1.16 bits per heavy atom. The third kappa shape index (κ3) is 4.38. The second-order valence-corrected chi connectivity index (χ2v) is 7.89. The lowest BCUT2D eigenvalue weighted by molar-refractivity contribution is 0.0673. The molecule has 1 amide bonds. The smallest absolute Gasteiger partial charge is 0.407 e. The van der Waals surface area contributed by atoms with Crippen LogP contribution in [0.5, 0.6) is 5.75 Å². The van der Waals surface area contributed by atoms with Gasteiger partial charge >= 0.3 is 6.09 Å². The molecule has 1 aliphatic carbocycles. The largest absolute Gasteiger partial charge is 0.497 e. The summed E-state index contributed by atoms with van der Waals surface area (Å²) in [4.78, 5) is 16.2. The average Bonchev–Trinajstić information content (AvgIpc) is 2.83. The van der Waals surface area contributed by atoms with Crippen molar-refractivity contribution in [3.63, 3.8) is 0 Å². The van der Waals surface area contributed by atoms with E-state index in [1.54, 1.807) is 14.2 Å². The summed E-state index contributed by atoms with van der Waals surface area (Å²) in [5.74, 6) is 0.762. The molecule has 1 aromatic heterocycles. The summed E-state index contributed by atoms with van der Waals surface area (Å²) in [5.41, 5.74) is 3.23. The van der Waals surface area contributed by atoms with Crippen LogP contribution in [0.1, 0.15) is 18.9 Å². The van der Waals surface area contributed by atoms with Crippen molar-refractivity contribution in [3.8, 4) is 5.75 Å². The lowest BCUT2D eigenvalue weighted by atomic mass is 9.94. The number of benzene rings is 2. The Bertz CT molecular complexity index is 1270. The molecule has 166 valence electrons. The van der Waals surface area contributed by atoms with Crippen molar-refractivity contribution in [3.05, 3.63) is 58.6 Å². The van der Waals surface area contributed by atoms with Gasteiger partial charge in [0.15, 0.2) is 0 Å². The van der Waals surface area contributed by atoms with E-state index in [0.717, 1.165) is 50.6 Å². The number of nitrogens with zero attached hydrogens (tertiary/aromatic N) is 1. The van der Waals surface area contributed by atoms with Crippen LogP contribution in [0, 0.1) is 0 Å². The molecule has 2 N–H and O–H groups in total. The van der Waals surface area contributed by atoms with Crippen molar-refractivity contribution in [2.75, 3.05) is 26.6 Å². The minimum atomic E-state index is -0.455. The summed E-state index contributed by atoms with van der Waals surface area (Å²) < 4.78 is 16.3. The number of hydrogen-bond donors (Lipinski definition) is 2. The Morgan fingerprint density at radius 3 is 2.62 bits per heavy atom. The summed E-state index contributed by atoms with van der Waals surface area (Å²) in [5, 5.41) is 8.89. The highest BCUT2D eigenvalue weighted by molar-refractivity contribution is 5.94. The van der Waals surface area contributed by atoms with Crippen LogP contribution in [0.15, 0.2) is 42.5 Å². The SMILES string of the molecule is CNC(=O)OCc1ccc(Nc2c3c(nc4ccc(OC)cc24)=CCC(C)(OC)C=3)cc1. The van der Waals surface area contributed by atoms with Crippen LogP contribution in [-0.2, 0) is 16.1 Å². The fraction of sp³-hybridized carbons (Fsp3) is 0.280. The molecule has 0 spiro atoms. The first-order valence-electron chi connectivity index (χ1n) is 10.4. The first kappa shape index (κ1) is 21.6. The number of ether oxygens (including phenoxy) is 3. The maximum Gasteiger partial charge on any atom is 0.407 e. The molecule has 1 unspecified atom stereocenters. The summed E-state index contributed by atoms with van der Waals surface area (Å²) in [6.07, 6.45) is 4.55. The summed E-state index contributed by atoms with van der Waals surface area (Å²) in [6, 6.07) is 13.7. The first-order chi connectivity index (χ1) is 15.4. The number of carbonyl (C=O) groups excluding carboxylic acids is 1. The lowest BCUT2D eigenvalue weighted by Crippen LogP contribution is -2.40. The van der Waals surface area contributed by atoms with Crippen LogP contribution in [0.25, 0.3) is 23.1 Å². The molecule has 2 aromatic carbocycles. The van der Waals surface area contributed by atoms with E-state index in [9.17, 15) is 4.79 Å². The molecule has 1 heterocycles. The molecule has 7 heteroatoms. The van der Waals surface area contributed by atoms with Crippen molar-refractivity contribution in [2.45, 2.75) is 25.6 Å². The van der Waals surface area contributed by atoms with E-state index < -0.39 is 11.7 Å². The summed E-state index contributed by atoms with van der Waals surface area (Å²) in [7, 11) is 4.91. The van der Waals surface area contributed by atoms with Crippen LogP contribution >= 0.6 is 0 Å². The molecule has 0 radical (unpaired) electrons. The second-order valence-electron chi connectivity index (χ2n) is 7.89. The van der Waals surface area contributed by atoms with Crippen molar-refractivity contribution >= 4 is 40.5 Å². The Morgan fingerprint density at radius 2 is 1.94 bits per heavy atom. The molecule has 0 saturated carbocycles. The van der Waals surface area contributed by atoms with Gasteiger partial charge in [0.2, 0.25) is 0 Å². The number of nitrogens with one attached hydrogen (secondary N) is 2. The molecule has 32 heavy (non-hydrogen) atoms. The average molecular weight is 434 g/mol. The fourth-order valence-electron chi connectivity index (χ4n) is 3.69. The summed E-state index contributed by atoms with van der Waals surface area (Å²) >= 11 is 0. The van der Waals surface area contributed by atoms with E-state index in [1.807, 2.05) is 42.5 Å². The molecule has 1 atom stereocenters. The van der Waals surface area contributed by atoms with Gasteiger partial charge in [-0.1, -0.05) is 18.2 Å². The predicted molar refractivity (Wildman–Crippen MR) is 125 cm³/mol. The number of aromatic nitrogens is 1. The third-order valence-corrected chi connectivity index (χ3v) is 5.67. The number of methoxy groups -OCH3 is 2. The summed E-state index contributed by atoms with van der Waals surface area (Å²) in [6.45, 7) is 2.27. The van der Waals surface area contributed by atoms with Crippen LogP contribution < -0.4 is 25.9 Å². The van der Waals surface area contributed by atoms with E-state index in [1.165, 1.54) is 7.05 Å². The molecule has 0 aliphatic heterocycles. The number of hydrogen-bond acceptors (Lipinski definition) is 6.